The number of esters is 1. The molecule has 1 aliphatic heterocycles. The van der Waals surface area contributed by atoms with E-state index >= 15 is 0 Å². The molecule has 1 heterocycles. The van der Waals surface area contributed by atoms with E-state index in [0.717, 1.165) is 37.7 Å². The number of fused-ring (bicyclic) bond motifs is 1. The largest absolute Gasteiger partial charge is 0.458 e. The van der Waals surface area contributed by atoms with E-state index in [4.69, 9.17) is 4.74 Å². The molecular weight excluding hydrogens is 288 g/mol. The van der Waals surface area contributed by atoms with Crippen LogP contribution in [0.5, 0.6) is 0 Å². The van der Waals surface area contributed by atoms with E-state index < -0.39 is 0 Å². The number of allylic oxidation sites excluding steroid dienone is 1. The summed E-state index contributed by atoms with van der Waals surface area (Å²) in [6.07, 6.45) is 8.87. The standard InChI is InChI=1S/C20H30O3/c1-13-6-5-7-16-19(3,9-8-15-11-18(22)23-12-15)14(2)10-17(21)20(13,16)4/h6,11,14,16-17,21H,5,7-10,12H2,1-4H3. The lowest BCUT2D eigenvalue weighted by molar-refractivity contribution is -0.135. The molecule has 0 bridgehead atoms. The fraction of sp³-hybridized carbons (Fsp3) is 0.750. The monoisotopic (exact) mass is 318 g/mol. The molecule has 5 atom stereocenters. The van der Waals surface area contributed by atoms with Crippen molar-refractivity contribution >= 4 is 5.97 Å². The van der Waals surface area contributed by atoms with Crippen molar-refractivity contribution in [3.63, 3.8) is 0 Å². The fourth-order valence-electron chi connectivity index (χ4n) is 5.37. The van der Waals surface area contributed by atoms with Crippen molar-refractivity contribution in [1.29, 1.82) is 0 Å². The van der Waals surface area contributed by atoms with Gasteiger partial charge in [-0.2, -0.15) is 0 Å². The maximum absolute atomic E-state index is 11.3. The van der Waals surface area contributed by atoms with Crippen LogP contribution >= 0.6 is 0 Å². The predicted molar refractivity (Wildman–Crippen MR) is 90.8 cm³/mol. The van der Waals surface area contributed by atoms with Gasteiger partial charge in [0, 0.05) is 11.5 Å². The summed E-state index contributed by atoms with van der Waals surface area (Å²) in [6.45, 7) is 9.62. The summed E-state index contributed by atoms with van der Waals surface area (Å²) in [4.78, 5) is 11.3. The zero-order valence-corrected chi connectivity index (χ0v) is 14.9. The molecule has 0 aromatic heterocycles. The lowest BCUT2D eigenvalue weighted by atomic mass is 9.46. The molecule has 1 N–H and O–H groups in total. The molecular formula is C20H30O3. The molecule has 3 heteroatoms. The third-order valence-electron chi connectivity index (χ3n) is 7.38. The Hall–Kier alpha value is -1.09. The summed E-state index contributed by atoms with van der Waals surface area (Å²) in [5.41, 5.74) is 2.57. The molecule has 3 rings (SSSR count). The van der Waals surface area contributed by atoms with Gasteiger partial charge < -0.3 is 9.84 Å². The molecule has 3 aliphatic rings. The number of hydrogen-bond acceptors (Lipinski definition) is 3. The molecule has 0 spiro atoms. The first-order valence-electron chi connectivity index (χ1n) is 9.00. The summed E-state index contributed by atoms with van der Waals surface area (Å²) in [6, 6.07) is 0. The number of cyclic esters (lactones) is 1. The van der Waals surface area contributed by atoms with Crippen LogP contribution < -0.4 is 0 Å². The van der Waals surface area contributed by atoms with E-state index in [-0.39, 0.29) is 22.9 Å². The number of ether oxygens (including phenoxy) is 1. The maximum atomic E-state index is 11.3. The number of hydrogen-bond donors (Lipinski definition) is 1. The number of aliphatic hydroxyl groups is 1. The van der Waals surface area contributed by atoms with Gasteiger partial charge in [0.2, 0.25) is 0 Å². The third kappa shape index (κ3) is 2.57. The Labute approximate surface area is 139 Å². The summed E-state index contributed by atoms with van der Waals surface area (Å²) in [5.74, 6) is 0.788. The molecule has 0 amide bonds. The minimum atomic E-state index is -0.247. The van der Waals surface area contributed by atoms with E-state index in [1.54, 1.807) is 6.08 Å². The smallest absolute Gasteiger partial charge is 0.331 e. The normalized spacial score (nSPS) is 43.5. The van der Waals surface area contributed by atoms with E-state index in [0.29, 0.717) is 18.4 Å². The average Bonchev–Trinajstić information content (AvgIpc) is 2.92. The fourth-order valence-corrected chi connectivity index (χ4v) is 5.37. The quantitative estimate of drug-likeness (QED) is 0.631. The van der Waals surface area contributed by atoms with Gasteiger partial charge in [-0.05, 0) is 61.9 Å². The zero-order chi connectivity index (χ0) is 16.8. The van der Waals surface area contributed by atoms with Crippen molar-refractivity contribution in [2.45, 2.75) is 65.9 Å². The van der Waals surface area contributed by atoms with Gasteiger partial charge in [0.15, 0.2) is 0 Å². The summed E-state index contributed by atoms with van der Waals surface area (Å²) < 4.78 is 5.05. The maximum Gasteiger partial charge on any atom is 0.331 e. The number of rotatable bonds is 3. The Kier molecular flexibility index (Phi) is 4.20. The van der Waals surface area contributed by atoms with Gasteiger partial charge in [-0.3, -0.25) is 0 Å². The second kappa shape index (κ2) is 5.77. The van der Waals surface area contributed by atoms with Crippen LogP contribution in [-0.2, 0) is 9.53 Å². The van der Waals surface area contributed by atoms with E-state index in [9.17, 15) is 9.90 Å². The van der Waals surface area contributed by atoms with Crippen LogP contribution in [0.3, 0.4) is 0 Å². The Morgan fingerprint density at radius 2 is 2.13 bits per heavy atom. The van der Waals surface area contributed by atoms with E-state index in [2.05, 4.69) is 33.8 Å². The predicted octanol–water partition coefficient (Wildman–Crippen LogP) is 4.02. The van der Waals surface area contributed by atoms with Crippen molar-refractivity contribution < 1.29 is 14.6 Å². The minimum absolute atomic E-state index is 0.101. The van der Waals surface area contributed by atoms with Crippen LogP contribution in [0.15, 0.2) is 23.3 Å². The highest BCUT2D eigenvalue weighted by Gasteiger charge is 2.57. The highest BCUT2D eigenvalue weighted by atomic mass is 16.5. The Balaban J connectivity index is 1.85. The van der Waals surface area contributed by atoms with Gasteiger partial charge in [0.05, 0.1) is 6.10 Å². The molecule has 23 heavy (non-hydrogen) atoms. The molecule has 128 valence electrons. The highest BCUT2D eigenvalue weighted by Crippen LogP contribution is 2.61. The Morgan fingerprint density at radius 3 is 2.78 bits per heavy atom. The van der Waals surface area contributed by atoms with Gasteiger partial charge >= 0.3 is 5.97 Å². The minimum Gasteiger partial charge on any atom is -0.458 e. The average molecular weight is 318 g/mol. The van der Waals surface area contributed by atoms with E-state index in [1.165, 1.54) is 5.57 Å². The van der Waals surface area contributed by atoms with Gasteiger partial charge in [-0.25, -0.2) is 4.79 Å². The lowest BCUT2D eigenvalue weighted by Gasteiger charge is -2.60. The van der Waals surface area contributed by atoms with Crippen LogP contribution in [0.2, 0.25) is 0 Å². The molecule has 2 aliphatic carbocycles. The van der Waals surface area contributed by atoms with Crippen molar-refractivity contribution in [3.05, 3.63) is 23.3 Å². The van der Waals surface area contributed by atoms with Crippen LogP contribution in [0, 0.1) is 22.7 Å². The van der Waals surface area contributed by atoms with Crippen molar-refractivity contribution in [1.82, 2.24) is 0 Å². The van der Waals surface area contributed by atoms with Crippen molar-refractivity contribution in [2.75, 3.05) is 6.61 Å². The number of aliphatic hydroxyl groups excluding tert-OH is 1. The van der Waals surface area contributed by atoms with E-state index in [1.807, 2.05) is 0 Å². The topological polar surface area (TPSA) is 46.5 Å². The Morgan fingerprint density at radius 1 is 1.39 bits per heavy atom. The second-order valence-electron chi connectivity index (χ2n) is 8.37. The first-order valence-corrected chi connectivity index (χ1v) is 9.00. The first kappa shape index (κ1) is 16.8. The molecule has 0 aromatic rings. The molecule has 1 saturated carbocycles. The molecule has 1 fully saturated rings. The van der Waals surface area contributed by atoms with Crippen LogP contribution in [0.1, 0.15) is 59.8 Å². The Bertz CT molecular complexity index is 561. The van der Waals surface area contributed by atoms with Crippen molar-refractivity contribution in [3.8, 4) is 0 Å². The van der Waals surface area contributed by atoms with Crippen LogP contribution in [0.25, 0.3) is 0 Å². The summed E-state index contributed by atoms with van der Waals surface area (Å²) in [5, 5.41) is 10.8. The highest BCUT2D eigenvalue weighted by molar-refractivity contribution is 5.85. The number of carbonyl (C=O) groups is 1. The summed E-state index contributed by atoms with van der Waals surface area (Å²) in [7, 11) is 0. The lowest BCUT2D eigenvalue weighted by Crippen LogP contribution is -2.56. The number of carbonyl (C=O) groups excluding carboxylic acids is 1. The molecule has 0 aromatic carbocycles. The van der Waals surface area contributed by atoms with Crippen molar-refractivity contribution in [2.24, 2.45) is 22.7 Å². The second-order valence-corrected chi connectivity index (χ2v) is 8.37. The summed E-state index contributed by atoms with van der Waals surface area (Å²) >= 11 is 0. The molecule has 0 saturated heterocycles. The van der Waals surface area contributed by atoms with Crippen LogP contribution in [-0.4, -0.2) is 23.8 Å². The van der Waals surface area contributed by atoms with Gasteiger partial charge in [0.1, 0.15) is 6.61 Å². The molecule has 0 radical (unpaired) electrons. The van der Waals surface area contributed by atoms with Crippen LogP contribution in [0.4, 0.5) is 0 Å². The van der Waals surface area contributed by atoms with Gasteiger partial charge in [-0.15, -0.1) is 0 Å². The third-order valence-corrected chi connectivity index (χ3v) is 7.38. The molecule has 5 unspecified atom stereocenters. The molecule has 3 nitrogen and oxygen atoms in total. The first-order chi connectivity index (χ1) is 10.8. The zero-order valence-electron chi connectivity index (χ0n) is 14.9. The van der Waals surface area contributed by atoms with Gasteiger partial charge in [0.25, 0.3) is 0 Å². The SMILES string of the molecule is CC1=CCCC2C(C)(CCC3=CC(=O)OC3)C(C)CC(O)C12C. The van der Waals surface area contributed by atoms with Gasteiger partial charge in [-0.1, -0.05) is 32.4 Å².